The summed E-state index contributed by atoms with van der Waals surface area (Å²) >= 11 is 3.37. The highest BCUT2D eigenvalue weighted by Crippen LogP contribution is 2.20. The summed E-state index contributed by atoms with van der Waals surface area (Å²) in [6, 6.07) is 7.40. The lowest BCUT2D eigenvalue weighted by atomic mass is 10.1. The van der Waals surface area contributed by atoms with Crippen molar-refractivity contribution in [3.8, 4) is 0 Å². The van der Waals surface area contributed by atoms with Crippen molar-refractivity contribution in [3.05, 3.63) is 34.3 Å². The third-order valence-electron chi connectivity index (χ3n) is 3.99. The van der Waals surface area contributed by atoms with Crippen LogP contribution in [-0.4, -0.2) is 52.6 Å². The monoisotopic (exact) mass is 368 g/mol. The number of benzene rings is 1. The Morgan fingerprint density at radius 2 is 2.00 bits per heavy atom. The average Bonchev–Trinajstić information content (AvgIpc) is 2.93. The molecule has 0 bridgehead atoms. The molecule has 1 heterocycles. The highest BCUT2D eigenvalue weighted by atomic mass is 79.9. The molecule has 5 nitrogen and oxygen atoms in total. The van der Waals surface area contributed by atoms with Gasteiger partial charge in [-0.1, -0.05) is 15.9 Å². The summed E-state index contributed by atoms with van der Waals surface area (Å²) in [5.74, 6) is 0.203. The normalized spacial score (nSPS) is 17.8. The van der Waals surface area contributed by atoms with Gasteiger partial charge in [0.1, 0.15) is 0 Å². The van der Waals surface area contributed by atoms with Crippen LogP contribution in [0.1, 0.15) is 30.6 Å². The topological polar surface area (TPSA) is 60.9 Å². The summed E-state index contributed by atoms with van der Waals surface area (Å²) in [5, 5.41) is 9.03. The molecule has 1 fully saturated rings. The second kappa shape index (κ2) is 7.13. The SMILES string of the molecule is CC(C)N(C[C@@H]1CCN(C(=O)O)C1)C(=O)c1ccc(Br)cc1. The zero-order chi connectivity index (χ0) is 16.3. The van der Waals surface area contributed by atoms with Crippen molar-refractivity contribution in [1.82, 2.24) is 9.80 Å². The van der Waals surface area contributed by atoms with Gasteiger partial charge in [0.05, 0.1) is 0 Å². The van der Waals surface area contributed by atoms with Crippen molar-refractivity contribution in [2.45, 2.75) is 26.3 Å². The lowest BCUT2D eigenvalue weighted by Gasteiger charge is -2.29. The van der Waals surface area contributed by atoms with Crippen molar-refractivity contribution < 1.29 is 14.7 Å². The first kappa shape index (κ1) is 16.8. The van der Waals surface area contributed by atoms with Gasteiger partial charge in [0.2, 0.25) is 0 Å². The molecule has 0 aromatic heterocycles. The van der Waals surface area contributed by atoms with Gasteiger partial charge in [-0.15, -0.1) is 0 Å². The molecule has 1 aliphatic heterocycles. The molecular weight excluding hydrogens is 348 g/mol. The van der Waals surface area contributed by atoms with Crippen LogP contribution in [0, 0.1) is 5.92 Å². The van der Waals surface area contributed by atoms with Crippen LogP contribution in [0.15, 0.2) is 28.7 Å². The summed E-state index contributed by atoms with van der Waals surface area (Å²) in [6.45, 7) is 5.63. The van der Waals surface area contributed by atoms with E-state index in [1.165, 1.54) is 4.90 Å². The molecule has 0 unspecified atom stereocenters. The van der Waals surface area contributed by atoms with Gasteiger partial charge in [0.25, 0.3) is 5.91 Å². The molecule has 0 saturated carbocycles. The molecular formula is C16H21BrN2O3. The van der Waals surface area contributed by atoms with E-state index in [4.69, 9.17) is 5.11 Å². The maximum atomic E-state index is 12.7. The van der Waals surface area contributed by atoms with Crippen LogP contribution in [0.3, 0.4) is 0 Å². The Hall–Kier alpha value is -1.56. The van der Waals surface area contributed by atoms with Crippen molar-refractivity contribution in [1.29, 1.82) is 0 Å². The molecule has 2 rings (SSSR count). The maximum Gasteiger partial charge on any atom is 0.407 e. The average molecular weight is 369 g/mol. The lowest BCUT2D eigenvalue weighted by Crippen LogP contribution is -2.41. The molecule has 1 aliphatic rings. The van der Waals surface area contributed by atoms with E-state index in [1.54, 1.807) is 12.1 Å². The van der Waals surface area contributed by atoms with Crippen LogP contribution in [0.25, 0.3) is 0 Å². The maximum absolute atomic E-state index is 12.7. The number of hydrogen-bond acceptors (Lipinski definition) is 2. The minimum Gasteiger partial charge on any atom is -0.465 e. The number of hydrogen-bond donors (Lipinski definition) is 1. The van der Waals surface area contributed by atoms with E-state index in [1.807, 2.05) is 30.9 Å². The number of carbonyl (C=O) groups is 2. The number of rotatable bonds is 4. The van der Waals surface area contributed by atoms with Gasteiger partial charge in [0, 0.05) is 35.7 Å². The van der Waals surface area contributed by atoms with E-state index in [0.717, 1.165) is 10.9 Å². The fourth-order valence-corrected chi connectivity index (χ4v) is 2.98. The van der Waals surface area contributed by atoms with E-state index in [0.29, 0.717) is 25.2 Å². The van der Waals surface area contributed by atoms with Gasteiger partial charge < -0.3 is 14.9 Å². The summed E-state index contributed by atoms with van der Waals surface area (Å²) < 4.78 is 0.938. The minimum atomic E-state index is -0.877. The van der Waals surface area contributed by atoms with E-state index in [9.17, 15) is 9.59 Å². The Balaban J connectivity index is 2.05. The molecule has 1 saturated heterocycles. The van der Waals surface area contributed by atoms with Gasteiger partial charge in [0.15, 0.2) is 0 Å². The molecule has 0 spiro atoms. The Bertz CT molecular complexity index is 545. The quantitative estimate of drug-likeness (QED) is 0.886. The Kier molecular flexibility index (Phi) is 5.45. The first-order valence-electron chi connectivity index (χ1n) is 7.43. The van der Waals surface area contributed by atoms with E-state index in [2.05, 4.69) is 15.9 Å². The second-order valence-electron chi connectivity index (χ2n) is 5.94. The van der Waals surface area contributed by atoms with Crippen LogP contribution in [0.2, 0.25) is 0 Å². The van der Waals surface area contributed by atoms with Crippen LogP contribution >= 0.6 is 15.9 Å². The largest absolute Gasteiger partial charge is 0.465 e. The third kappa shape index (κ3) is 4.00. The van der Waals surface area contributed by atoms with Crippen LogP contribution in [0.5, 0.6) is 0 Å². The summed E-state index contributed by atoms with van der Waals surface area (Å²) in [4.78, 5) is 26.9. The summed E-state index contributed by atoms with van der Waals surface area (Å²) in [5.41, 5.74) is 0.657. The Morgan fingerprint density at radius 1 is 1.36 bits per heavy atom. The fraction of sp³-hybridized carbons (Fsp3) is 0.500. The molecule has 0 aliphatic carbocycles. The van der Waals surface area contributed by atoms with E-state index >= 15 is 0 Å². The first-order chi connectivity index (χ1) is 10.4. The zero-order valence-corrected chi connectivity index (χ0v) is 14.4. The first-order valence-corrected chi connectivity index (χ1v) is 8.22. The fourth-order valence-electron chi connectivity index (χ4n) is 2.72. The molecule has 6 heteroatoms. The highest BCUT2D eigenvalue weighted by molar-refractivity contribution is 9.10. The van der Waals surface area contributed by atoms with Crippen molar-refractivity contribution in [3.63, 3.8) is 0 Å². The van der Waals surface area contributed by atoms with Gasteiger partial charge in [-0.05, 0) is 50.5 Å². The number of carboxylic acid groups (broad SMARTS) is 1. The molecule has 2 amide bonds. The molecule has 0 radical (unpaired) electrons. The van der Waals surface area contributed by atoms with Gasteiger partial charge in [-0.3, -0.25) is 4.79 Å². The number of amides is 2. The summed E-state index contributed by atoms with van der Waals surface area (Å²) in [7, 11) is 0. The lowest BCUT2D eigenvalue weighted by molar-refractivity contribution is 0.0674. The van der Waals surface area contributed by atoms with Crippen molar-refractivity contribution in [2.24, 2.45) is 5.92 Å². The third-order valence-corrected chi connectivity index (χ3v) is 4.52. The Morgan fingerprint density at radius 3 is 2.50 bits per heavy atom. The van der Waals surface area contributed by atoms with Gasteiger partial charge in [-0.2, -0.15) is 0 Å². The molecule has 1 N–H and O–H groups in total. The molecule has 1 aromatic rings. The highest BCUT2D eigenvalue weighted by Gasteiger charge is 2.30. The number of likely N-dealkylation sites (tertiary alicyclic amines) is 1. The molecule has 1 atom stereocenters. The smallest absolute Gasteiger partial charge is 0.407 e. The van der Waals surface area contributed by atoms with Crippen molar-refractivity contribution in [2.75, 3.05) is 19.6 Å². The predicted molar refractivity (Wildman–Crippen MR) is 88.0 cm³/mol. The number of nitrogens with zero attached hydrogens (tertiary/aromatic N) is 2. The molecule has 120 valence electrons. The minimum absolute atomic E-state index is 0.00345. The van der Waals surface area contributed by atoms with Crippen LogP contribution in [-0.2, 0) is 0 Å². The van der Waals surface area contributed by atoms with Gasteiger partial charge in [-0.25, -0.2) is 4.79 Å². The molecule has 1 aromatic carbocycles. The number of carbonyl (C=O) groups excluding carboxylic acids is 1. The predicted octanol–water partition coefficient (Wildman–Crippen LogP) is 3.30. The van der Waals surface area contributed by atoms with Crippen LogP contribution < -0.4 is 0 Å². The summed E-state index contributed by atoms with van der Waals surface area (Å²) in [6.07, 6.45) is -0.0683. The van der Waals surface area contributed by atoms with Gasteiger partial charge >= 0.3 is 6.09 Å². The number of halogens is 1. The second-order valence-corrected chi connectivity index (χ2v) is 6.86. The standard InChI is InChI=1S/C16H21BrN2O3/c1-11(2)19(10-12-7-8-18(9-12)16(21)22)15(20)13-3-5-14(17)6-4-13/h3-6,11-12H,7-10H2,1-2H3,(H,21,22)/t12-/m1/s1. The Labute approximate surface area is 139 Å². The van der Waals surface area contributed by atoms with Crippen molar-refractivity contribution >= 4 is 27.9 Å². The van der Waals surface area contributed by atoms with Crippen LogP contribution in [0.4, 0.5) is 4.79 Å². The zero-order valence-electron chi connectivity index (χ0n) is 12.8. The van der Waals surface area contributed by atoms with E-state index in [-0.39, 0.29) is 17.9 Å². The molecule has 22 heavy (non-hydrogen) atoms. The van der Waals surface area contributed by atoms with E-state index < -0.39 is 6.09 Å².